The smallest absolute Gasteiger partial charge is 0.125 e. The molecule has 1 heterocycles. The first-order chi connectivity index (χ1) is 6.93. The Morgan fingerprint density at radius 1 is 1.20 bits per heavy atom. The molecule has 0 fully saturated rings. The van der Waals surface area contributed by atoms with Crippen molar-refractivity contribution in [1.82, 2.24) is 0 Å². The third-order valence-electron chi connectivity index (χ3n) is 2.81. The summed E-state index contributed by atoms with van der Waals surface area (Å²) in [5.41, 5.74) is 1.79. The number of aliphatic hydroxyl groups excluding tert-OH is 1. The van der Waals surface area contributed by atoms with Crippen molar-refractivity contribution in [3.8, 4) is 5.75 Å². The summed E-state index contributed by atoms with van der Waals surface area (Å²) in [6, 6.07) is 5.30. The van der Waals surface area contributed by atoms with Crippen molar-refractivity contribution < 1.29 is 10.2 Å². The molecule has 0 spiro atoms. The number of anilines is 1. The van der Waals surface area contributed by atoms with Gasteiger partial charge in [-0.05, 0) is 32.9 Å². The fourth-order valence-electron chi connectivity index (χ4n) is 2.02. The van der Waals surface area contributed by atoms with Crippen LogP contribution in [0.1, 0.15) is 26.3 Å². The predicted octanol–water partition coefficient (Wildman–Crippen LogP) is 2.89. The van der Waals surface area contributed by atoms with Gasteiger partial charge in [-0.25, -0.2) is 0 Å². The first-order valence-corrected chi connectivity index (χ1v) is 4.94. The van der Waals surface area contributed by atoms with E-state index in [9.17, 15) is 10.2 Å². The summed E-state index contributed by atoms with van der Waals surface area (Å²) in [7, 11) is 0. The van der Waals surface area contributed by atoms with Gasteiger partial charge in [0.05, 0.1) is 5.54 Å². The zero-order valence-corrected chi connectivity index (χ0v) is 9.13. The molecule has 0 unspecified atom stereocenters. The lowest BCUT2D eigenvalue weighted by Crippen LogP contribution is -2.36. The quantitative estimate of drug-likeness (QED) is 0.610. The number of aromatic hydroxyl groups is 1. The third kappa shape index (κ3) is 1.35. The SMILES string of the molecule is CC1=C(O)C(C)(C)Nc2cccc(O)c21. The van der Waals surface area contributed by atoms with E-state index in [1.807, 2.05) is 26.8 Å². The van der Waals surface area contributed by atoms with Crippen LogP contribution in [-0.2, 0) is 0 Å². The van der Waals surface area contributed by atoms with Gasteiger partial charge in [0.25, 0.3) is 0 Å². The maximum atomic E-state index is 9.98. The Morgan fingerprint density at radius 2 is 1.87 bits per heavy atom. The van der Waals surface area contributed by atoms with E-state index < -0.39 is 5.54 Å². The molecule has 1 aromatic carbocycles. The van der Waals surface area contributed by atoms with Gasteiger partial charge in [-0.2, -0.15) is 0 Å². The maximum Gasteiger partial charge on any atom is 0.125 e. The number of hydrogen-bond donors (Lipinski definition) is 3. The lowest BCUT2D eigenvalue weighted by Gasteiger charge is -2.34. The third-order valence-corrected chi connectivity index (χ3v) is 2.81. The molecule has 0 aromatic heterocycles. The summed E-state index contributed by atoms with van der Waals surface area (Å²) in [5.74, 6) is 0.469. The average molecular weight is 205 g/mol. The van der Waals surface area contributed by atoms with Crippen LogP contribution in [0.15, 0.2) is 24.0 Å². The molecular weight excluding hydrogens is 190 g/mol. The summed E-state index contributed by atoms with van der Waals surface area (Å²) in [4.78, 5) is 0. The fourth-order valence-corrected chi connectivity index (χ4v) is 2.02. The van der Waals surface area contributed by atoms with E-state index in [0.29, 0.717) is 5.56 Å². The van der Waals surface area contributed by atoms with E-state index in [2.05, 4.69) is 5.32 Å². The van der Waals surface area contributed by atoms with Crippen molar-refractivity contribution >= 4 is 11.3 Å². The minimum Gasteiger partial charge on any atom is -0.510 e. The van der Waals surface area contributed by atoms with Crippen LogP contribution in [0.5, 0.6) is 5.75 Å². The number of fused-ring (bicyclic) bond motifs is 1. The standard InChI is InChI=1S/C12H15NO2/c1-7-10-8(5-4-6-9(10)14)13-12(2,3)11(7)15/h4-6,13-15H,1-3H3. The van der Waals surface area contributed by atoms with Gasteiger partial charge in [-0.3, -0.25) is 0 Å². The molecule has 1 aromatic rings. The highest BCUT2D eigenvalue weighted by Crippen LogP contribution is 2.41. The number of phenolic OH excluding ortho intramolecular Hbond substituents is 1. The normalized spacial score (nSPS) is 18.3. The van der Waals surface area contributed by atoms with Gasteiger partial charge < -0.3 is 15.5 Å². The van der Waals surface area contributed by atoms with Crippen LogP contribution < -0.4 is 5.32 Å². The van der Waals surface area contributed by atoms with Gasteiger partial charge in [0.2, 0.25) is 0 Å². The Labute approximate surface area is 89.1 Å². The summed E-state index contributed by atoms with van der Waals surface area (Å²) in [6.07, 6.45) is 0. The molecule has 3 nitrogen and oxygen atoms in total. The Kier molecular flexibility index (Phi) is 1.93. The van der Waals surface area contributed by atoms with Crippen LogP contribution in [0.4, 0.5) is 5.69 Å². The number of benzene rings is 1. The van der Waals surface area contributed by atoms with E-state index in [0.717, 1.165) is 11.3 Å². The zero-order chi connectivity index (χ0) is 11.2. The average Bonchev–Trinajstić information content (AvgIpc) is 2.13. The molecule has 1 aliphatic rings. The maximum absolute atomic E-state index is 9.98. The molecular formula is C12H15NO2. The second kappa shape index (κ2) is 2.92. The fraction of sp³-hybridized carbons (Fsp3) is 0.333. The lowest BCUT2D eigenvalue weighted by atomic mass is 9.89. The largest absolute Gasteiger partial charge is 0.510 e. The molecule has 2 rings (SSSR count). The molecule has 0 radical (unpaired) electrons. The molecule has 1 aliphatic heterocycles. The minimum absolute atomic E-state index is 0.194. The highest BCUT2D eigenvalue weighted by Gasteiger charge is 2.32. The number of rotatable bonds is 0. The molecule has 0 saturated carbocycles. The topological polar surface area (TPSA) is 52.5 Å². The highest BCUT2D eigenvalue weighted by atomic mass is 16.3. The predicted molar refractivity (Wildman–Crippen MR) is 61.0 cm³/mol. The van der Waals surface area contributed by atoms with Crippen LogP contribution in [0, 0.1) is 0 Å². The van der Waals surface area contributed by atoms with Gasteiger partial charge in [-0.1, -0.05) is 6.07 Å². The summed E-state index contributed by atoms with van der Waals surface area (Å²) < 4.78 is 0. The van der Waals surface area contributed by atoms with Crippen molar-refractivity contribution in [3.05, 3.63) is 29.5 Å². The minimum atomic E-state index is -0.481. The highest BCUT2D eigenvalue weighted by molar-refractivity contribution is 5.84. The Hall–Kier alpha value is -1.64. The van der Waals surface area contributed by atoms with Gasteiger partial charge in [0.1, 0.15) is 11.5 Å². The van der Waals surface area contributed by atoms with E-state index in [1.54, 1.807) is 12.1 Å². The molecule has 0 atom stereocenters. The first-order valence-electron chi connectivity index (χ1n) is 4.94. The monoisotopic (exact) mass is 205 g/mol. The molecule has 3 N–H and O–H groups in total. The second-order valence-electron chi connectivity index (χ2n) is 4.42. The molecule has 0 bridgehead atoms. The number of phenols is 1. The number of nitrogens with one attached hydrogen (secondary N) is 1. The van der Waals surface area contributed by atoms with Gasteiger partial charge in [0, 0.05) is 16.8 Å². The molecule has 15 heavy (non-hydrogen) atoms. The summed E-state index contributed by atoms with van der Waals surface area (Å²) >= 11 is 0. The molecule has 3 heteroatoms. The van der Waals surface area contributed by atoms with Crippen LogP contribution in [0.2, 0.25) is 0 Å². The molecule has 0 aliphatic carbocycles. The molecule has 0 amide bonds. The number of aliphatic hydroxyl groups is 1. The number of allylic oxidation sites excluding steroid dienone is 1. The summed E-state index contributed by atoms with van der Waals surface area (Å²) in [5, 5.41) is 22.9. The van der Waals surface area contributed by atoms with Crippen molar-refractivity contribution in [2.24, 2.45) is 0 Å². The van der Waals surface area contributed by atoms with Crippen LogP contribution in [0.3, 0.4) is 0 Å². The summed E-state index contributed by atoms with van der Waals surface area (Å²) in [6.45, 7) is 5.62. The van der Waals surface area contributed by atoms with Crippen LogP contribution >= 0.6 is 0 Å². The van der Waals surface area contributed by atoms with Gasteiger partial charge in [0.15, 0.2) is 0 Å². The Bertz CT molecular complexity index is 447. The second-order valence-corrected chi connectivity index (χ2v) is 4.42. The van der Waals surface area contributed by atoms with Gasteiger partial charge >= 0.3 is 0 Å². The van der Waals surface area contributed by atoms with Crippen molar-refractivity contribution in [1.29, 1.82) is 0 Å². The molecule has 80 valence electrons. The van der Waals surface area contributed by atoms with E-state index in [1.165, 1.54) is 0 Å². The number of hydrogen-bond acceptors (Lipinski definition) is 3. The van der Waals surface area contributed by atoms with E-state index in [4.69, 9.17) is 0 Å². The first kappa shape index (κ1) is 9.90. The van der Waals surface area contributed by atoms with Crippen LogP contribution in [0.25, 0.3) is 5.57 Å². The Balaban J connectivity index is 2.71. The van der Waals surface area contributed by atoms with E-state index >= 15 is 0 Å². The van der Waals surface area contributed by atoms with Crippen molar-refractivity contribution in [2.45, 2.75) is 26.3 Å². The zero-order valence-electron chi connectivity index (χ0n) is 9.13. The van der Waals surface area contributed by atoms with E-state index in [-0.39, 0.29) is 11.5 Å². The Morgan fingerprint density at radius 3 is 2.53 bits per heavy atom. The molecule has 0 saturated heterocycles. The van der Waals surface area contributed by atoms with Crippen molar-refractivity contribution in [2.75, 3.05) is 5.32 Å². The van der Waals surface area contributed by atoms with Gasteiger partial charge in [-0.15, -0.1) is 0 Å². The van der Waals surface area contributed by atoms with Crippen LogP contribution in [-0.4, -0.2) is 15.8 Å². The van der Waals surface area contributed by atoms with Crippen molar-refractivity contribution in [3.63, 3.8) is 0 Å². The lowest BCUT2D eigenvalue weighted by molar-refractivity contribution is 0.335.